The van der Waals surface area contributed by atoms with Crippen LogP contribution < -0.4 is 5.32 Å². The van der Waals surface area contributed by atoms with Crippen molar-refractivity contribution in [2.24, 2.45) is 4.99 Å². The van der Waals surface area contributed by atoms with Crippen molar-refractivity contribution in [3.05, 3.63) is 0 Å². The van der Waals surface area contributed by atoms with Crippen LogP contribution in [-0.2, 0) is 4.74 Å². The molecule has 0 spiro atoms. The highest BCUT2D eigenvalue weighted by molar-refractivity contribution is 8.00. The Balaban J connectivity index is 1.91. The zero-order valence-corrected chi connectivity index (χ0v) is 14.5. The summed E-state index contributed by atoms with van der Waals surface area (Å²) in [5.74, 6) is 2.26. The summed E-state index contributed by atoms with van der Waals surface area (Å²) in [7, 11) is 2.15. The van der Waals surface area contributed by atoms with Crippen molar-refractivity contribution >= 4 is 17.7 Å². The lowest BCUT2D eigenvalue weighted by atomic mass is 10.3. The number of thioether (sulfide) groups is 1. The van der Waals surface area contributed by atoms with Gasteiger partial charge in [0.05, 0.1) is 19.3 Å². The number of guanidine groups is 1. The van der Waals surface area contributed by atoms with Gasteiger partial charge in [0.2, 0.25) is 0 Å². The van der Waals surface area contributed by atoms with Crippen LogP contribution in [0.4, 0.5) is 0 Å². The van der Waals surface area contributed by atoms with Crippen molar-refractivity contribution in [3.63, 3.8) is 0 Å². The SMILES string of the molecule is CCNC(=NCC1CN(C)CCO1)N1CCSC(CC)C1. The number of aliphatic imine (C=N–C) groups is 1. The molecule has 2 rings (SSSR count). The number of nitrogens with zero attached hydrogens (tertiary/aromatic N) is 3. The van der Waals surface area contributed by atoms with E-state index in [1.54, 1.807) is 0 Å². The average molecular weight is 314 g/mol. The number of ether oxygens (including phenoxy) is 1. The van der Waals surface area contributed by atoms with E-state index in [1.807, 2.05) is 0 Å². The van der Waals surface area contributed by atoms with E-state index in [2.05, 4.69) is 47.8 Å². The lowest BCUT2D eigenvalue weighted by molar-refractivity contribution is -0.0137. The number of likely N-dealkylation sites (N-methyl/N-ethyl adjacent to an activating group) is 1. The molecule has 1 N–H and O–H groups in total. The van der Waals surface area contributed by atoms with Crippen LogP contribution in [0.15, 0.2) is 4.99 Å². The Kier molecular flexibility index (Phi) is 7.13. The molecular formula is C15H30N4OS. The highest BCUT2D eigenvalue weighted by Gasteiger charge is 2.22. The standard InChI is InChI=1S/C15H30N4OS/c1-4-14-12-19(7-9-21-14)15(16-5-2)17-10-13-11-18(3)6-8-20-13/h13-14H,4-12H2,1-3H3,(H,16,17). The molecule has 0 aromatic carbocycles. The third kappa shape index (κ3) is 5.34. The summed E-state index contributed by atoms with van der Waals surface area (Å²) in [6, 6.07) is 0. The van der Waals surface area contributed by atoms with Gasteiger partial charge in [0.15, 0.2) is 5.96 Å². The third-order valence-electron chi connectivity index (χ3n) is 4.02. The maximum Gasteiger partial charge on any atom is 0.194 e. The summed E-state index contributed by atoms with van der Waals surface area (Å²) in [5.41, 5.74) is 0. The molecule has 6 heteroatoms. The van der Waals surface area contributed by atoms with Crippen LogP contribution in [0.2, 0.25) is 0 Å². The highest BCUT2D eigenvalue weighted by atomic mass is 32.2. The molecule has 2 aliphatic heterocycles. The van der Waals surface area contributed by atoms with E-state index < -0.39 is 0 Å². The van der Waals surface area contributed by atoms with Gasteiger partial charge in [0.1, 0.15) is 0 Å². The maximum atomic E-state index is 5.81. The number of morpholine rings is 1. The number of hydrogen-bond acceptors (Lipinski definition) is 4. The predicted molar refractivity (Wildman–Crippen MR) is 91.3 cm³/mol. The van der Waals surface area contributed by atoms with Crippen LogP contribution in [0.25, 0.3) is 0 Å². The fourth-order valence-electron chi connectivity index (χ4n) is 2.75. The second kappa shape index (κ2) is 8.86. The molecule has 0 radical (unpaired) electrons. The van der Waals surface area contributed by atoms with Crippen LogP contribution in [0.5, 0.6) is 0 Å². The molecule has 2 unspecified atom stereocenters. The van der Waals surface area contributed by atoms with E-state index in [0.717, 1.165) is 57.1 Å². The molecule has 0 amide bonds. The van der Waals surface area contributed by atoms with Gasteiger partial charge in [-0.25, -0.2) is 0 Å². The largest absolute Gasteiger partial charge is 0.374 e. The van der Waals surface area contributed by atoms with E-state index in [4.69, 9.17) is 9.73 Å². The second-order valence-electron chi connectivity index (χ2n) is 5.80. The minimum atomic E-state index is 0.235. The first kappa shape index (κ1) is 16.9. The topological polar surface area (TPSA) is 40.1 Å². The Morgan fingerprint density at radius 1 is 1.33 bits per heavy atom. The van der Waals surface area contributed by atoms with Crippen LogP contribution in [0, 0.1) is 0 Å². The first-order valence-electron chi connectivity index (χ1n) is 8.18. The van der Waals surface area contributed by atoms with E-state index in [1.165, 1.54) is 12.2 Å². The van der Waals surface area contributed by atoms with Gasteiger partial charge < -0.3 is 19.9 Å². The normalized spacial score (nSPS) is 28.7. The minimum absolute atomic E-state index is 0.235. The summed E-state index contributed by atoms with van der Waals surface area (Å²) in [6.07, 6.45) is 1.47. The monoisotopic (exact) mass is 314 g/mol. The quantitative estimate of drug-likeness (QED) is 0.622. The van der Waals surface area contributed by atoms with Crippen molar-refractivity contribution in [1.82, 2.24) is 15.1 Å². The molecule has 0 aromatic heterocycles. The molecule has 2 heterocycles. The molecule has 21 heavy (non-hydrogen) atoms. The van der Waals surface area contributed by atoms with Gasteiger partial charge in [-0.2, -0.15) is 11.8 Å². The van der Waals surface area contributed by atoms with E-state index in [9.17, 15) is 0 Å². The summed E-state index contributed by atoms with van der Waals surface area (Å²) in [4.78, 5) is 9.57. The number of rotatable bonds is 4. The molecule has 2 fully saturated rings. The van der Waals surface area contributed by atoms with E-state index in [-0.39, 0.29) is 6.10 Å². The predicted octanol–water partition coefficient (Wildman–Crippen LogP) is 1.11. The van der Waals surface area contributed by atoms with Gasteiger partial charge in [-0.3, -0.25) is 4.99 Å². The van der Waals surface area contributed by atoms with Crippen molar-refractivity contribution in [2.45, 2.75) is 31.6 Å². The van der Waals surface area contributed by atoms with Crippen molar-refractivity contribution < 1.29 is 4.74 Å². The van der Waals surface area contributed by atoms with Crippen molar-refractivity contribution in [2.75, 3.05) is 58.7 Å². The molecule has 0 aliphatic carbocycles. The van der Waals surface area contributed by atoms with Crippen LogP contribution >= 0.6 is 11.8 Å². The second-order valence-corrected chi connectivity index (χ2v) is 7.20. The Morgan fingerprint density at radius 2 is 2.19 bits per heavy atom. The fourth-order valence-corrected chi connectivity index (χ4v) is 3.93. The number of hydrogen-bond donors (Lipinski definition) is 1. The fraction of sp³-hybridized carbons (Fsp3) is 0.933. The van der Waals surface area contributed by atoms with Gasteiger partial charge >= 0.3 is 0 Å². The Labute approximate surface area is 133 Å². The molecular weight excluding hydrogens is 284 g/mol. The van der Waals surface area contributed by atoms with Gasteiger partial charge in [0, 0.05) is 43.7 Å². The first-order chi connectivity index (χ1) is 10.2. The number of nitrogens with one attached hydrogen (secondary N) is 1. The average Bonchev–Trinajstić information content (AvgIpc) is 2.51. The molecule has 2 saturated heterocycles. The summed E-state index contributed by atoms with van der Waals surface area (Å²) < 4.78 is 5.81. The Morgan fingerprint density at radius 3 is 2.90 bits per heavy atom. The Bertz CT molecular complexity index is 340. The molecule has 5 nitrogen and oxygen atoms in total. The zero-order chi connectivity index (χ0) is 15.1. The molecule has 2 aliphatic rings. The van der Waals surface area contributed by atoms with Crippen molar-refractivity contribution in [1.29, 1.82) is 0 Å². The molecule has 0 aromatic rings. The lowest BCUT2D eigenvalue weighted by Gasteiger charge is -2.35. The third-order valence-corrected chi connectivity index (χ3v) is 5.39. The molecule has 2 atom stereocenters. The van der Waals surface area contributed by atoms with E-state index in [0.29, 0.717) is 0 Å². The summed E-state index contributed by atoms with van der Waals surface area (Å²) in [5, 5.41) is 4.18. The smallest absolute Gasteiger partial charge is 0.194 e. The molecule has 0 bridgehead atoms. The van der Waals surface area contributed by atoms with Gasteiger partial charge in [0.25, 0.3) is 0 Å². The zero-order valence-electron chi connectivity index (χ0n) is 13.7. The van der Waals surface area contributed by atoms with E-state index >= 15 is 0 Å². The van der Waals surface area contributed by atoms with Gasteiger partial charge in [-0.15, -0.1) is 0 Å². The lowest BCUT2D eigenvalue weighted by Crippen LogP contribution is -2.48. The minimum Gasteiger partial charge on any atom is -0.374 e. The highest BCUT2D eigenvalue weighted by Crippen LogP contribution is 2.21. The summed E-state index contributed by atoms with van der Waals surface area (Å²) in [6.45, 7) is 11.1. The van der Waals surface area contributed by atoms with Gasteiger partial charge in [-0.05, 0) is 20.4 Å². The van der Waals surface area contributed by atoms with Crippen LogP contribution in [-0.4, -0.2) is 85.8 Å². The summed E-state index contributed by atoms with van der Waals surface area (Å²) >= 11 is 2.09. The van der Waals surface area contributed by atoms with Gasteiger partial charge in [-0.1, -0.05) is 6.92 Å². The van der Waals surface area contributed by atoms with Crippen LogP contribution in [0.3, 0.4) is 0 Å². The maximum absolute atomic E-state index is 5.81. The molecule has 122 valence electrons. The Hall–Kier alpha value is -0.460. The first-order valence-corrected chi connectivity index (χ1v) is 9.22. The van der Waals surface area contributed by atoms with Crippen LogP contribution in [0.1, 0.15) is 20.3 Å². The molecule has 0 saturated carbocycles. The van der Waals surface area contributed by atoms with Crippen molar-refractivity contribution in [3.8, 4) is 0 Å².